The molecule has 2 aromatic rings. The molecule has 0 atom stereocenters. The molecule has 2 heterocycles. The summed E-state index contributed by atoms with van der Waals surface area (Å²) < 4.78 is 4.84. The van der Waals surface area contributed by atoms with Crippen molar-refractivity contribution in [1.82, 2.24) is 10.5 Å². The van der Waals surface area contributed by atoms with Gasteiger partial charge in [0.15, 0.2) is 5.69 Å². The Labute approximate surface area is 114 Å². The van der Waals surface area contributed by atoms with Gasteiger partial charge in [0, 0.05) is 21.9 Å². The molecule has 0 saturated heterocycles. The maximum Gasteiger partial charge on any atom is 0.273 e. The summed E-state index contributed by atoms with van der Waals surface area (Å²) in [5, 5.41) is 16.9. The first-order valence-corrected chi connectivity index (χ1v) is 6.45. The molecule has 6 heteroatoms. The van der Waals surface area contributed by atoms with E-state index in [1.807, 2.05) is 11.4 Å². The quantitative estimate of drug-likeness (QED) is 0.829. The van der Waals surface area contributed by atoms with E-state index in [-0.39, 0.29) is 18.2 Å². The number of hydrogen-bond acceptors (Lipinski definition) is 5. The van der Waals surface area contributed by atoms with Crippen molar-refractivity contribution in [3.05, 3.63) is 39.4 Å². The molecule has 0 unspecified atom stereocenters. The summed E-state index contributed by atoms with van der Waals surface area (Å²) in [4.78, 5) is 12.7. The molecule has 0 saturated carbocycles. The van der Waals surface area contributed by atoms with Crippen LogP contribution in [0.3, 0.4) is 0 Å². The van der Waals surface area contributed by atoms with E-state index in [0.29, 0.717) is 12.3 Å². The number of aromatic nitrogens is 1. The van der Waals surface area contributed by atoms with Crippen LogP contribution >= 0.6 is 11.3 Å². The highest BCUT2D eigenvalue weighted by molar-refractivity contribution is 7.10. The van der Waals surface area contributed by atoms with E-state index in [4.69, 9.17) is 9.63 Å². The molecule has 0 aliphatic rings. The molecular formula is C13H12N2O3S. The zero-order valence-corrected chi connectivity index (χ0v) is 11.1. The number of nitrogens with zero attached hydrogens (tertiary/aromatic N) is 1. The van der Waals surface area contributed by atoms with Gasteiger partial charge in [0.05, 0.1) is 6.54 Å². The van der Waals surface area contributed by atoms with Gasteiger partial charge in [-0.1, -0.05) is 17.0 Å². The van der Waals surface area contributed by atoms with Crippen LogP contribution in [0.4, 0.5) is 0 Å². The van der Waals surface area contributed by atoms with E-state index in [1.165, 1.54) is 11.3 Å². The molecule has 0 fully saturated rings. The van der Waals surface area contributed by atoms with Crippen molar-refractivity contribution < 1.29 is 14.4 Å². The first-order chi connectivity index (χ1) is 9.19. The van der Waals surface area contributed by atoms with E-state index in [9.17, 15) is 4.79 Å². The number of aryl methyl sites for hydroxylation is 1. The van der Waals surface area contributed by atoms with Gasteiger partial charge in [0.25, 0.3) is 5.91 Å². The SMILES string of the molecule is Cc1cc(C(=O)NCc2cc(C#CCO)cs2)no1. The molecule has 2 rings (SSSR count). The molecule has 0 aliphatic carbocycles. The minimum absolute atomic E-state index is 0.159. The van der Waals surface area contributed by atoms with Crippen molar-refractivity contribution in [2.75, 3.05) is 6.61 Å². The standard InChI is InChI=1S/C13H12N2O3S/c1-9-5-12(15-18-9)13(17)14-7-11-6-10(8-19-11)3-2-4-16/h5-6,8,16H,4,7H2,1H3,(H,14,17). The predicted molar refractivity (Wildman–Crippen MR) is 70.7 cm³/mol. The van der Waals surface area contributed by atoms with Gasteiger partial charge in [0.1, 0.15) is 12.4 Å². The lowest BCUT2D eigenvalue weighted by atomic mass is 10.3. The van der Waals surface area contributed by atoms with Gasteiger partial charge in [0.2, 0.25) is 0 Å². The van der Waals surface area contributed by atoms with Crippen LogP contribution in [0, 0.1) is 18.8 Å². The smallest absolute Gasteiger partial charge is 0.273 e. The van der Waals surface area contributed by atoms with Crippen LogP contribution in [0.5, 0.6) is 0 Å². The fourth-order valence-electron chi connectivity index (χ4n) is 1.41. The Hall–Kier alpha value is -2.10. The zero-order chi connectivity index (χ0) is 13.7. The van der Waals surface area contributed by atoms with Crippen LogP contribution in [-0.4, -0.2) is 22.8 Å². The largest absolute Gasteiger partial charge is 0.384 e. The summed E-state index contributed by atoms with van der Waals surface area (Å²) in [5.41, 5.74) is 1.11. The zero-order valence-electron chi connectivity index (χ0n) is 10.3. The topological polar surface area (TPSA) is 75.4 Å². The Morgan fingerprint density at radius 1 is 1.58 bits per heavy atom. The Morgan fingerprint density at radius 3 is 3.11 bits per heavy atom. The molecule has 98 valence electrons. The number of carbonyl (C=O) groups is 1. The summed E-state index contributed by atoms with van der Waals surface area (Å²) in [6.45, 7) is 1.98. The number of carbonyl (C=O) groups excluding carboxylic acids is 1. The highest BCUT2D eigenvalue weighted by Gasteiger charge is 2.10. The van der Waals surface area contributed by atoms with Crippen LogP contribution in [0.2, 0.25) is 0 Å². The number of nitrogens with one attached hydrogen (secondary N) is 1. The molecule has 0 spiro atoms. The van der Waals surface area contributed by atoms with Gasteiger partial charge in [-0.3, -0.25) is 4.79 Å². The summed E-state index contributed by atoms with van der Waals surface area (Å²) >= 11 is 1.50. The minimum atomic E-state index is -0.270. The molecule has 5 nitrogen and oxygen atoms in total. The molecule has 0 aromatic carbocycles. The number of aliphatic hydroxyl groups is 1. The Bertz CT molecular complexity index is 634. The van der Waals surface area contributed by atoms with Crippen LogP contribution in [-0.2, 0) is 6.54 Å². The number of amides is 1. The molecule has 0 bridgehead atoms. The molecule has 2 aromatic heterocycles. The normalized spacial score (nSPS) is 9.79. The van der Waals surface area contributed by atoms with Gasteiger partial charge in [-0.05, 0) is 13.0 Å². The third kappa shape index (κ3) is 3.68. The third-order valence-electron chi connectivity index (χ3n) is 2.25. The lowest BCUT2D eigenvalue weighted by Gasteiger charge is -1.99. The predicted octanol–water partition coefficient (Wildman–Crippen LogP) is 1.32. The molecular weight excluding hydrogens is 264 g/mol. The molecule has 0 radical (unpaired) electrons. The van der Waals surface area contributed by atoms with Crippen molar-refractivity contribution >= 4 is 17.2 Å². The molecule has 2 N–H and O–H groups in total. The number of thiophene rings is 1. The van der Waals surface area contributed by atoms with Crippen LogP contribution in [0.15, 0.2) is 22.0 Å². The monoisotopic (exact) mass is 276 g/mol. The van der Waals surface area contributed by atoms with Crippen molar-refractivity contribution in [2.24, 2.45) is 0 Å². The minimum Gasteiger partial charge on any atom is -0.384 e. The summed E-state index contributed by atoms with van der Waals surface area (Å²) in [6, 6.07) is 3.46. The van der Waals surface area contributed by atoms with Crippen molar-refractivity contribution in [3.63, 3.8) is 0 Å². The van der Waals surface area contributed by atoms with Crippen LogP contribution < -0.4 is 5.32 Å². The van der Waals surface area contributed by atoms with Crippen molar-refractivity contribution in [3.8, 4) is 11.8 Å². The van der Waals surface area contributed by atoms with E-state index >= 15 is 0 Å². The average molecular weight is 276 g/mol. The fraction of sp³-hybridized carbons (Fsp3) is 0.231. The highest BCUT2D eigenvalue weighted by atomic mass is 32.1. The fourth-order valence-corrected chi connectivity index (χ4v) is 2.17. The Morgan fingerprint density at radius 2 is 2.42 bits per heavy atom. The first-order valence-electron chi connectivity index (χ1n) is 5.57. The van der Waals surface area contributed by atoms with Crippen LogP contribution in [0.1, 0.15) is 26.7 Å². The van der Waals surface area contributed by atoms with E-state index in [1.54, 1.807) is 13.0 Å². The van der Waals surface area contributed by atoms with E-state index < -0.39 is 0 Å². The maximum atomic E-state index is 11.7. The number of aliphatic hydroxyl groups excluding tert-OH is 1. The van der Waals surface area contributed by atoms with E-state index in [2.05, 4.69) is 22.3 Å². The second kappa shape index (κ2) is 6.18. The summed E-state index contributed by atoms with van der Waals surface area (Å²) in [7, 11) is 0. The molecule has 0 aliphatic heterocycles. The van der Waals surface area contributed by atoms with Gasteiger partial charge < -0.3 is 14.9 Å². The first kappa shape index (κ1) is 13.3. The second-order valence-electron chi connectivity index (χ2n) is 3.77. The average Bonchev–Trinajstić information content (AvgIpc) is 3.02. The Kier molecular flexibility index (Phi) is 4.34. The number of hydrogen-bond donors (Lipinski definition) is 2. The molecule has 1 amide bonds. The summed E-state index contributed by atoms with van der Waals surface area (Å²) in [6.07, 6.45) is 0. The maximum absolute atomic E-state index is 11.7. The Balaban J connectivity index is 1.92. The van der Waals surface area contributed by atoms with E-state index in [0.717, 1.165) is 10.4 Å². The third-order valence-corrected chi connectivity index (χ3v) is 3.19. The van der Waals surface area contributed by atoms with Gasteiger partial charge >= 0.3 is 0 Å². The van der Waals surface area contributed by atoms with Gasteiger partial charge in [-0.15, -0.1) is 11.3 Å². The van der Waals surface area contributed by atoms with Gasteiger partial charge in [-0.2, -0.15) is 0 Å². The lowest BCUT2D eigenvalue weighted by molar-refractivity contribution is 0.0942. The lowest BCUT2D eigenvalue weighted by Crippen LogP contribution is -2.22. The summed E-state index contributed by atoms with van der Waals surface area (Å²) in [5.74, 6) is 5.71. The van der Waals surface area contributed by atoms with Crippen LogP contribution in [0.25, 0.3) is 0 Å². The van der Waals surface area contributed by atoms with Crippen molar-refractivity contribution in [1.29, 1.82) is 0 Å². The number of rotatable bonds is 3. The highest BCUT2D eigenvalue weighted by Crippen LogP contribution is 2.13. The molecule has 19 heavy (non-hydrogen) atoms. The van der Waals surface area contributed by atoms with Gasteiger partial charge in [-0.25, -0.2) is 0 Å². The second-order valence-corrected chi connectivity index (χ2v) is 4.76. The van der Waals surface area contributed by atoms with Crippen molar-refractivity contribution in [2.45, 2.75) is 13.5 Å².